The molecular weight excluding hydrogens is 945 g/mol. The molecule has 4 aromatic carbocycles. The third kappa shape index (κ3) is 20.6. The van der Waals surface area contributed by atoms with Crippen molar-refractivity contribution in [1.82, 2.24) is 0 Å². The molecule has 0 unspecified atom stereocenters. The first kappa shape index (κ1) is 62.2. The van der Waals surface area contributed by atoms with Gasteiger partial charge in [0.1, 0.15) is 5.75 Å². The van der Waals surface area contributed by atoms with Crippen molar-refractivity contribution in [3.05, 3.63) is 125 Å². The van der Waals surface area contributed by atoms with Crippen molar-refractivity contribution in [2.75, 3.05) is 14.2 Å². The molecule has 0 heterocycles. The van der Waals surface area contributed by atoms with E-state index in [2.05, 4.69) is 152 Å². The number of methoxy groups -OCH3 is 2. The lowest BCUT2D eigenvalue weighted by Gasteiger charge is -2.36. The Balaban J connectivity index is 0.00000102. The number of hydrogen-bond donors (Lipinski definition) is 0. The van der Waals surface area contributed by atoms with Gasteiger partial charge in [-0.05, 0) is 233 Å². The summed E-state index contributed by atoms with van der Waals surface area (Å²) in [7, 11) is 3.59. The van der Waals surface area contributed by atoms with Crippen LogP contribution < -0.4 is 4.74 Å². The smallest absolute Gasteiger partial charge is 0.118 e. The van der Waals surface area contributed by atoms with Crippen LogP contribution in [-0.4, -0.2) is 20.3 Å². The number of ether oxygens (including phenoxy) is 2. The van der Waals surface area contributed by atoms with Crippen LogP contribution in [0, 0.1) is 73.0 Å². The van der Waals surface area contributed by atoms with E-state index < -0.39 is 0 Å². The van der Waals surface area contributed by atoms with Crippen LogP contribution >= 0.6 is 0 Å². The van der Waals surface area contributed by atoms with E-state index in [1.807, 2.05) is 7.11 Å². The van der Waals surface area contributed by atoms with Gasteiger partial charge in [-0.1, -0.05) is 215 Å². The van der Waals surface area contributed by atoms with Crippen molar-refractivity contribution < 1.29 is 19.5 Å². The third-order valence-corrected chi connectivity index (χ3v) is 21.5. The molecule has 0 spiro atoms. The zero-order chi connectivity index (χ0) is 55.2. The maximum atomic E-state index is 5.44. The second-order valence-electron chi connectivity index (χ2n) is 27.9. The molecule has 2 heteroatoms. The molecule has 4 aromatic rings. The second kappa shape index (κ2) is 32.9. The molecule has 7 saturated carbocycles. The number of aryl methyl sites for hydroxylation is 2. The Hall–Kier alpha value is -3.36. The van der Waals surface area contributed by atoms with Crippen LogP contribution in [-0.2, 0) is 4.74 Å². The van der Waals surface area contributed by atoms with Crippen LogP contribution in [0.3, 0.4) is 0 Å². The summed E-state index contributed by atoms with van der Waals surface area (Å²) in [6.45, 7) is 18.7. The SMILES string of the molecule is CC1CCC(C2CCC(C)CC2)CC1.COC1CCC(C2CCC(C)CC2)CC1.COc1ccc(C2CCC(C)CC2)cc1.Cc1ccc(-c2ccc(C3CCC(C)CC3)cc2)cc1.Cc1ccc(C2CCC(C)CC2)cc1.[HH].[HH].[HH].[HH].[HH].[HH].[HH]. The van der Waals surface area contributed by atoms with Crippen molar-refractivity contribution in [3.8, 4) is 16.9 Å². The fraction of sp³-hybridized carbons (Fsp3) is 0.684. The molecule has 0 bridgehead atoms. The largest absolute Gasteiger partial charge is 0.497 e. The molecule has 0 atom stereocenters. The van der Waals surface area contributed by atoms with Gasteiger partial charge in [-0.15, -0.1) is 0 Å². The van der Waals surface area contributed by atoms with Crippen LogP contribution in [0.15, 0.2) is 97.1 Å². The summed E-state index contributed by atoms with van der Waals surface area (Å²) >= 11 is 0. The summed E-state index contributed by atoms with van der Waals surface area (Å²) in [6.07, 6.45) is 40.8. The van der Waals surface area contributed by atoms with Crippen LogP contribution in [0.25, 0.3) is 11.1 Å². The fourth-order valence-electron chi connectivity index (χ4n) is 15.3. The molecule has 446 valence electrons. The highest BCUT2D eigenvalue weighted by Crippen LogP contribution is 2.43. The van der Waals surface area contributed by atoms with Gasteiger partial charge in [-0.3, -0.25) is 0 Å². The normalized spacial score (nSPS) is 32.1. The number of benzene rings is 4. The molecule has 7 aliphatic rings. The molecule has 2 nitrogen and oxygen atoms in total. The van der Waals surface area contributed by atoms with Gasteiger partial charge < -0.3 is 9.47 Å². The molecule has 0 saturated heterocycles. The Morgan fingerprint density at radius 1 is 0.282 bits per heavy atom. The first-order chi connectivity index (χ1) is 37.8. The minimum absolute atomic E-state index is 0. The van der Waals surface area contributed by atoms with Crippen LogP contribution in [0.1, 0.15) is 277 Å². The van der Waals surface area contributed by atoms with E-state index in [1.165, 1.54) is 187 Å². The molecule has 0 aromatic heterocycles. The fourth-order valence-corrected chi connectivity index (χ4v) is 15.3. The van der Waals surface area contributed by atoms with Crippen molar-refractivity contribution >= 4 is 0 Å². The van der Waals surface area contributed by atoms with Crippen molar-refractivity contribution in [1.29, 1.82) is 0 Å². The van der Waals surface area contributed by atoms with Crippen LogP contribution in [0.4, 0.5) is 0 Å². The minimum atomic E-state index is 0. The van der Waals surface area contributed by atoms with Crippen molar-refractivity contribution in [2.45, 2.75) is 259 Å². The topological polar surface area (TPSA) is 18.5 Å². The second-order valence-corrected chi connectivity index (χ2v) is 27.9. The molecule has 11 rings (SSSR count). The number of rotatable bonds is 8. The van der Waals surface area contributed by atoms with Gasteiger partial charge >= 0.3 is 0 Å². The first-order valence-corrected chi connectivity index (χ1v) is 33.2. The molecule has 7 aliphatic carbocycles. The van der Waals surface area contributed by atoms with E-state index in [0.29, 0.717) is 6.10 Å². The lowest BCUT2D eigenvalue weighted by molar-refractivity contribution is 0.0399. The van der Waals surface area contributed by atoms with Gasteiger partial charge in [0.15, 0.2) is 0 Å². The Morgan fingerprint density at radius 2 is 0.513 bits per heavy atom. The summed E-state index contributed by atoms with van der Waals surface area (Å²) in [4.78, 5) is 0. The summed E-state index contributed by atoms with van der Waals surface area (Å²) < 4.78 is 10.6. The average molecular weight is 1080 g/mol. The van der Waals surface area contributed by atoms with Gasteiger partial charge in [-0.2, -0.15) is 0 Å². The Kier molecular flexibility index (Phi) is 26.3. The monoisotopic (exact) mass is 1080 g/mol. The maximum Gasteiger partial charge on any atom is 0.118 e. The van der Waals surface area contributed by atoms with E-state index in [0.717, 1.165) is 82.7 Å². The Bertz CT molecular complexity index is 2160. The molecule has 7 fully saturated rings. The van der Waals surface area contributed by atoms with E-state index in [1.54, 1.807) is 38.4 Å². The number of hydrogen-bond acceptors (Lipinski definition) is 2. The lowest BCUT2D eigenvalue weighted by atomic mass is 9.70. The van der Waals surface area contributed by atoms with Crippen molar-refractivity contribution in [3.63, 3.8) is 0 Å². The Morgan fingerprint density at radius 3 is 0.795 bits per heavy atom. The van der Waals surface area contributed by atoms with Crippen molar-refractivity contribution in [2.24, 2.45) is 59.2 Å². The van der Waals surface area contributed by atoms with Crippen LogP contribution in [0.5, 0.6) is 5.75 Å². The average Bonchev–Trinajstić information content (AvgIpc) is 3.48. The zero-order valence-corrected chi connectivity index (χ0v) is 51.9. The van der Waals surface area contributed by atoms with Gasteiger partial charge in [0.2, 0.25) is 0 Å². The van der Waals surface area contributed by atoms with E-state index >= 15 is 0 Å². The summed E-state index contributed by atoms with van der Waals surface area (Å²) in [5, 5.41) is 0. The highest BCUT2D eigenvalue weighted by atomic mass is 16.5. The van der Waals surface area contributed by atoms with Gasteiger partial charge in [0.25, 0.3) is 0 Å². The minimum Gasteiger partial charge on any atom is -0.497 e. The van der Waals surface area contributed by atoms with E-state index in [-0.39, 0.29) is 9.99 Å². The standard InChI is InChI=1S/C20H24.C14H26O.C14H20O.C14H26.C14H20.7H2/c1-15-3-7-17(8-4-15)19-11-13-20(14-12-19)18-9-5-16(2)6-10-18;2*1-11-3-5-12(6-4-11)13-7-9-14(15-2)10-8-13;2*1-11-3-7-13(8-4-11)14-9-5-12(2)6-10-14;;;;;;;/h3-4,7-8,11-14,16,18H,5-6,9-10H2,1-2H3;11-14H,3-10H2,1-2H3;7-12H,3-6H2,1-2H3;11-14H,3-10H2,1-2H3;3-4,7-8,12,14H,5-6,9-10H2,1-2H3;7*1H. The lowest BCUT2D eigenvalue weighted by Crippen LogP contribution is -2.27. The van der Waals surface area contributed by atoms with Gasteiger partial charge in [0, 0.05) is 17.1 Å². The molecular formula is C76H130O2. The zero-order valence-electron chi connectivity index (χ0n) is 51.9. The third-order valence-electron chi connectivity index (χ3n) is 21.5. The quantitative estimate of drug-likeness (QED) is 0.175. The molecule has 0 aliphatic heterocycles. The first-order valence-electron chi connectivity index (χ1n) is 33.2. The van der Waals surface area contributed by atoms with E-state index in [9.17, 15) is 0 Å². The summed E-state index contributed by atoms with van der Waals surface area (Å²) in [5.74, 6) is 13.5. The molecule has 0 amide bonds. The van der Waals surface area contributed by atoms with Gasteiger partial charge in [-0.25, -0.2) is 0 Å². The van der Waals surface area contributed by atoms with Gasteiger partial charge in [0.05, 0.1) is 13.2 Å². The Labute approximate surface area is 491 Å². The summed E-state index contributed by atoms with van der Waals surface area (Å²) in [6, 6.07) is 35.8. The maximum absolute atomic E-state index is 5.44. The van der Waals surface area contributed by atoms with Crippen LogP contribution in [0.2, 0.25) is 0 Å². The predicted octanol–water partition coefficient (Wildman–Crippen LogP) is 24.6. The highest BCUT2D eigenvalue weighted by Gasteiger charge is 2.31. The molecule has 0 N–H and O–H groups in total. The van der Waals surface area contributed by atoms with E-state index in [4.69, 9.17) is 9.47 Å². The highest BCUT2D eigenvalue weighted by molar-refractivity contribution is 5.64. The molecule has 0 radical (unpaired) electrons. The predicted molar refractivity (Wildman–Crippen MR) is 353 cm³/mol. The molecule has 78 heavy (non-hydrogen) atoms. The summed E-state index contributed by atoms with van der Waals surface area (Å²) in [5.41, 5.74) is 9.93.